The minimum Gasteiger partial charge on any atom is -0.386 e. The second-order valence-electron chi connectivity index (χ2n) is 9.78. The lowest BCUT2D eigenvalue weighted by atomic mass is 9.93. The number of amides is 1. The number of β-amino-alcohol motifs (C(OH)–C–C–N with tert-alkyl or cyclic N) is 1. The number of hydrogen-bond donors (Lipinski definition) is 2. The summed E-state index contributed by atoms with van der Waals surface area (Å²) >= 11 is 1.20. The number of likely N-dealkylation sites (tertiary alicyclic amines) is 1. The van der Waals surface area contributed by atoms with Crippen LogP contribution in [-0.2, 0) is 0 Å². The van der Waals surface area contributed by atoms with Crippen LogP contribution in [0.1, 0.15) is 48.2 Å². The lowest BCUT2D eigenvalue weighted by molar-refractivity contribution is 0.0309. The summed E-state index contributed by atoms with van der Waals surface area (Å²) in [7, 11) is 0. The van der Waals surface area contributed by atoms with Crippen molar-refractivity contribution in [2.45, 2.75) is 44.2 Å². The van der Waals surface area contributed by atoms with Gasteiger partial charge in [-0.05, 0) is 32.8 Å². The predicted molar refractivity (Wildman–Crippen MR) is 128 cm³/mol. The van der Waals surface area contributed by atoms with E-state index in [1.165, 1.54) is 15.9 Å². The molecular formula is C22H23F2N9O2S. The Kier molecular flexibility index (Phi) is 5.09. The Morgan fingerprint density at radius 2 is 2.00 bits per heavy atom. The summed E-state index contributed by atoms with van der Waals surface area (Å²) in [4.78, 5) is 25.5. The van der Waals surface area contributed by atoms with Crippen molar-refractivity contribution < 1.29 is 18.7 Å². The summed E-state index contributed by atoms with van der Waals surface area (Å²) in [6.07, 6.45) is 1.43. The summed E-state index contributed by atoms with van der Waals surface area (Å²) in [5.41, 5.74) is 5.37. The maximum atomic E-state index is 14.3. The number of carbonyl (C=O) groups is 1. The molecule has 5 heterocycles. The fourth-order valence-electron chi connectivity index (χ4n) is 4.91. The van der Waals surface area contributed by atoms with Crippen molar-refractivity contribution in [2.75, 3.05) is 30.3 Å². The molecule has 0 bridgehead atoms. The second kappa shape index (κ2) is 8.00. The second-order valence-corrected chi connectivity index (χ2v) is 10.7. The average Bonchev–Trinajstić information content (AvgIpc) is 3.47. The van der Waals surface area contributed by atoms with Crippen molar-refractivity contribution in [3.8, 4) is 0 Å². The molecule has 0 saturated carbocycles. The number of rotatable bonds is 3. The molecule has 1 amide bonds. The van der Waals surface area contributed by atoms with Gasteiger partial charge in [0.1, 0.15) is 11.3 Å². The number of nitrogens with two attached hydrogens (primary N) is 1. The van der Waals surface area contributed by atoms with Crippen molar-refractivity contribution in [3.05, 3.63) is 34.6 Å². The summed E-state index contributed by atoms with van der Waals surface area (Å²) in [6, 6.07) is 1.87. The molecule has 1 aromatic carbocycles. The first-order valence-corrected chi connectivity index (χ1v) is 12.3. The number of hydrogen-bond acceptors (Lipinski definition) is 10. The Hall–Kier alpha value is -3.52. The van der Waals surface area contributed by atoms with E-state index < -0.39 is 17.2 Å². The molecule has 14 heteroatoms. The zero-order chi connectivity index (χ0) is 25.4. The van der Waals surface area contributed by atoms with Crippen LogP contribution in [0.4, 0.5) is 19.9 Å². The molecule has 2 saturated heterocycles. The molecule has 0 aliphatic carbocycles. The predicted octanol–water partition coefficient (Wildman–Crippen LogP) is 1.97. The Labute approximate surface area is 207 Å². The van der Waals surface area contributed by atoms with Crippen LogP contribution in [0, 0.1) is 11.6 Å². The van der Waals surface area contributed by atoms with Crippen LogP contribution in [0.5, 0.6) is 0 Å². The van der Waals surface area contributed by atoms with Crippen molar-refractivity contribution >= 4 is 44.9 Å². The van der Waals surface area contributed by atoms with Gasteiger partial charge in [-0.15, -0.1) is 15.3 Å². The van der Waals surface area contributed by atoms with Gasteiger partial charge in [-0.1, -0.05) is 11.3 Å². The van der Waals surface area contributed by atoms with Crippen LogP contribution in [-0.4, -0.2) is 77.0 Å². The van der Waals surface area contributed by atoms with Gasteiger partial charge < -0.3 is 20.6 Å². The van der Waals surface area contributed by atoms with Crippen LogP contribution in [0.15, 0.2) is 12.1 Å². The number of benzene rings is 1. The van der Waals surface area contributed by atoms with Gasteiger partial charge in [0, 0.05) is 24.6 Å². The SMILES string of the molecule is C[C@H]1CC[C@@H](c2nc3c4cc(F)cc(F)c4nc(N)n3n2)CN1C(=O)c1nnc(N2CC(C)(O)C2)s1. The summed E-state index contributed by atoms with van der Waals surface area (Å²) in [6.45, 7) is 4.95. The summed E-state index contributed by atoms with van der Waals surface area (Å²) in [5.74, 6) is -1.67. The third kappa shape index (κ3) is 3.71. The van der Waals surface area contributed by atoms with Crippen LogP contribution in [0.2, 0.25) is 0 Å². The fourth-order valence-corrected chi connectivity index (χ4v) is 5.71. The molecule has 0 radical (unpaired) electrons. The molecule has 2 aliphatic heterocycles. The topological polar surface area (TPSA) is 139 Å². The highest BCUT2D eigenvalue weighted by Crippen LogP contribution is 2.34. The highest BCUT2D eigenvalue weighted by Gasteiger charge is 2.39. The molecule has 3 N–H and O–H groups in total. The van der Waals surface area contributed by atoms with Gasteiger partial charge in [-0.25, -0.2) is 18.7 Å². The van der Waals surface area contributed by atoms with Crippen molar-refractivity contribution in [3.63, 3.8) is 0 Å². The normalized spacial score (nSPS) is 21.8. The van der Waals surface area contributed by atoms with E-state index in [1.54, 1.807) is 11.8 Å². The molecule has 2 atom stereocenters. The third-order valence-corrected chi connectivity index (χ3v) is 7.75. The third-order valence-electron chi connectivity index (χ3n) is 6.77. The molecule has 36 heavy (non-hydrogen) atoms. The Morgan fingerprint density at radius 3 is 2.75 bits per heavy atom. The largest absolute Gasteiger partial charge is 0.386 e. The van der Waals surface area contributed by atoms with E-state index in [0.717, 1.165) is 18.6 Å². The fraction of sp³-hybridized carbons (Fsp3) is 0.455. The smallest absolute Gasteiger partial charge is 0.285 e. The molecular weight excluding hydrogens is 492 g/mol. The van der Waals surface area contributed by atoms with E-state index in [-0.39, 0.29) is 45.4 Å². The first-order chi connectivity index (χ1) is 17.1. The minimum absolute atomic E-state index is 0.0290. The molecule has 3 aromatic heterocycles. The van der Waals surface area contributed by atoms with Gasteiger partial charge in [-0.3, -0.25) is 4.79 Å². The maximum Gasteiger partial charge on any atom is 0.285 e. The van der Waals surface area contributed by atoms with E-state index in [4.69, 9.17) is 5.73 Å². The lowest BCUT2D eigenvalue weighted by Gasteiger charge is -2.43. The highest BCUT2D eigenvalue weighted by atomic mass is 32.1. The molecule has 4 aromatic rings. The zero-order valence-electron chi connectivity index (χ0n) is 19.5. The number of aromatic nitrogens is 6. The standard InChI is InChI=1S/C22H23F2N9O2S/c1-10-3-4-11(7-32(10)19(34)18-28-29-21(36-18)31-8-22(2,35)9-31)16-27-17-13-5-12(23)6-14(24)15(13)26-20(25)33(17)30-16/h5-6,10-11,35H,3-4,7-9H2,1-2H3,(H2,25,26)/t10-,11+/m0/s1. The number of carbonyl (C=O) groups excluding carboxylic acids is 1. The van der Waals surface area contributed by atoms with E-state index in [0.29, 0.717) is 37.0 Å². The average molecular weight is 516 g/mol. The van der Waals surface area contributed by atoms with E-state index >= 15 is 0 Å². The van der Waals surface area contributed by atoms with Crippen LogP contribution in [0.25, 0.3) is 16.6 Å². The Bertz CT molecular complexity index is 1510. The molecule has 2 fully saturated rings. The molecule has 11 nitrogen and oxygen atoms in total. The monoisotopic (exact) mass is 515 g/mol. The number of anilines is 2. The summed E-state index contributed by atoms with van der Waals surface area (Å²) < 4.78 is 29.5. The molecule has 188 valence electrons. The molecule has 6 rings (SSSR count). The number of aliphatic hydroxyl groups is 1. The van der Waals surface area contributed by atoms with E-state index in [1.807, 2.05) is 11.8 Å². The Balaban J connectivity index is 1.28. The molecule has 0 spiro atoms. The first kappa shape index (κ1) is 22.9. The van der Waals surface area contributed by atoms with Gasteiger partial charge in [0.2, 0.25) is 16.1 Å². The van der Waals surface area contributed by atoms with Crippen molar-refractivity contribution in [1.29, 1.82) is 0 Å². The van der Waals surface area contributed by atoms with Crippen molar-refractivity contribution in [1.82, 2.24) is 34.7 Å². The van der Waals surface area contributed by atoms with Gasteiger partial charge in [-0.2, -0.15) is 4.52 Å². The number of piperidine rings is 1. The summed E-state index contributed by atoms with van der Waals surface area (Å²) in [5, 5.41) is 23.7. The maximum absolute atomic E-state index is 14.3. The van der Waals surface area contributed by atoms with Crippen LogP contribution < -0.4 is 10.6 Å². The van der Waals surface area contributed by atoms with Crippen molar-refractivity contribution in [2.24, 2.45) is 0 Å². The zero-order valence-corrected chi connectivity index (χ0v) is 20.3. The number of nitrogens with zero attached hydrogens (tertiary/aromatic N) is 8. The van der Waals surface area contributed by atoms with Crippen LogP contribution in [0.3, 0.4) is 0 Å². The number of halogens is 2. The molecule has 2 aliphatic rings. The van der Waals surface area contributed by atoms with Gasteiger partial charge in [0.25, 0.3) is 5.91 Å². The van der Waals surface area contributed by atoms with E-state index in [9.17, 15) is 18.7 Å². The van der Waals surface area contributed by atoms with Gasteiger partial charge in [0.05, 0.1) is 24.1 Å². The number of nitrogen functional groups attached to an aromatic ring is 1. The molecule has 0 unspecified atom stereocenters. The highest BCUT2D eigenvalue weighted by molar-refractivity contribution is 7.17. The quantitative estimate of drug-likeness (QED) is 0.419. The van der Waals surface area contributed by atoms with Crippen LogP contribution >= 0.6 is 11.3 Å². The minimum atomic E-state index is -0.828. The lowest BCUT2D eigenvalue weighted by Crippen LogP contribution is -2.60. The van der Waals surface area contributed by atoms with E-state index in [2.05, 4.69) is 25.3 Å². The first-order valence-electron chi connectivity index (χ1n) is 11.5. The van der Waals surface area contributed by atoms with Gasteiger partial charge >= 0.3 is 0 Å². The Morgan fingerprint density at radius 1 is 1.22 bits per heavy atom. The number of fused-ring (bicyclic) bond motifs is 3. The van der Waals surface area contributed by atoms with Gasteiger partial charge in [0.15, 0.2) is 17.3 Å².